The highest BCUT2D eigenvalue weighted by molar-refractivity contribution is 5.90. The molecule has 0 saturated carbocycles. The molecule has 5 nitrogen and oxygen atoms in total. The number of anilines is 1. The molecule has 0 heterocycles. The molecule has 2 amide bonds. The molecule has 1 aromatic carbocycles. The molecule has 0 radical (unpaired) electrons. The Hall–Kier alpha value is -1.59. The van der Waals surface area contributed by atoms with Gasteiger partial charge >= 0.3 is 6.03 Å². The lowest BCUT2D eigenvalue weighted by atomic mass is 10.0. The maximum Gasteiger partial charge on any atom is 0.322 e. The SMILES string of the molecule is COCCN(CCO)C(=O)Nc1ccccc1C(C)C. The Morgan fingerprint density at radius 2 is 2.05 bits per heavy atom. The van der Waals surface area contributed by atoms with E-state index in [0.717, 1.165) is 11.3 Å². The molecule has 1 aromatic rings. The van der Waals surface area contributed by atoms with Crippen molar-refractivity contribution in [1.29, 1.82) is 0 Å². The quantitative estimate of drug-likeness (QED) is 0.805. The Morgan fingerprint density at radius 1 is 1.35 bits per heavy atom. The molecule has 2 N–H and O–H groups in total. The number of nitrogens with one attached hydrogen (secondary N) is 1. The van der Waals surface area contributed by atoms with Crippen LogP contribution in [0, 0.1) is 0 Å². The van der Waals surface area contributed by atoms with E-state index in [1.54, 1.807) is 12.0 Å². The third kappa shape index (κ3) is 4.83. The minimum atomic E-state index is -0.218. The second kappa shape index (κ2) is 8.55. The van der Waals surface area contributed by atoms with E-state index in [1.165, 1.54) is 0 Å². The predicted octanol–water partition coefficient (Wildman–Crippen LogP) is 2.28. The molecule has 112 valence electrons. The van der Waals surface area contributed by atoms with Gasteiger partial charge in [-0.3, -0.25) is 0 Å². The number of hydrogen-bond acceptors (Lipinski definition) is 3. The number of aliphatic hydroxyl groups excluding tert-OH is 1. The van der Waals surface area contributed by atoms with Gasteiger partial charge in [0.1, 0.15) is 0 Å². The van der Waals surface area contributed by atoms with E-state index in [4.69, 9.17) is 9.84 Å². The zero-order chi connectivity index (χ0) is 15.0. The number of nitrogens with zero attached hydrogens (tertiary/aromatic N) is 1. The summed E-state index contributed by atoms with van der Waals surface area (Å²) in [5.41, 5.74) is 1.91. The molecular weight excluding hydrogens is 256 g/mol. The van der Waals surface area contributed by atoms with E-state index >= 15 is 0 Å². The van der Waals surface area contributed by atoms with Crippen molar-refractivity contribution in [3.05, 3.63) is 29.8 Å². The van der Waals surface area contributed by atoms with Crippen LogP contribution in [0.2, 0.25) is 0 Å². The zero-order valence-electron chi connectivity index (χ0n) is 12.4. The van der Waals surface area contributed by atoms with E-state index in [0.29, 0.717) is 25.6 Å². The molecule has 5 heteroatoms. The lowest BCUT2D eigenvalue weighted by Gasteiger charge is -2.23. The number of urea groups is 1. The van der Waals surface area contributed by atoms with Crippen molar-refractivity contribution < 1.29 is 14.6 Å². The van der Waals surface area contributed by atoms with Gasteiger partial charge in [-0.05, 0) is 17.5 Å². The first-order chi connectivity index (χ1) is 9.60. The van der Waals surface area contributed by atoms with Crippen molar-refractivity contribution >= 4 is 11.7 Å². The third-order valence-corrected chi connectivity index (χ3v) is 3.05. The lowest BCUT2D eigenvalue weighted by Crippen LogP contribution is -2.39. The first kappa shape index (κ1) is 16.5. The number of aliphatic hydroxyl groups is 1. The van der Waals surface area contributed by atoms with Gasteiger partial charge in [-0.1, -0.05) is 32.0 Å². The van der Waals surface area contributed by atoms with Gasteiger partial charge in [0.15, 0.2) is 0 Å². The van der Waals surface area contributed by atoms with Crippen LogP contribution in [-0.4, -0.2) is 49.5 Å². The maximum atomic E-state index is 12.2. The molecule has 0 aromatic heterocycles. The van der Waals surface area contributed by atoms with Gasteiger partial charge in [-0.25, -0.2) is 4.79 Å². The van der Waals surface area contributed by atoms with Crippen LogP contribution in [0.15, 0.2) is 24.3 Å². The van der Waals surface area contributed by atoms with E-state index in [-0.39, 0.29) is 12.6 Å². The smallest absolute Gasteiger partial charge is 0.322 e. The van der Waals surface area contributed by atoms with Crippen LogP contribution in [0.25, 0.3) is 0 Å². The normalized spacial score (nSPS) is 10.7. The minimum absolute atomic E-state index is 0.0665. The van der Waals surface area contributed by atoms with Crippen LogP contribution >= 0.6 is 0 Å². The molecule has 0 aliphatic heterocycles. The summed E-state index contributed by atoms with van der Waals surface area (Å²) in [4.78, 5) is 13.8. The Labute approximate surface area is 120 Å². The number of hydrogen-bond donors (Lipinski definition) is 2. The molecule has 0 spiro atoms. The topological polar surface area (TPSA) is 61.8 Å². The number of methoxy groups -OCH3 is 1. The van der Waals surface area contributed by atoms with Gasteiger partial charge < -0.3 is 20.1 Å². The molecular formula is C15H24N2O3. The lowest BCUT2D eigenvalue weighted by molar-refractivity contribution is 0.142. The average Bonchev–Trinajstić information content (AvgIpc) is 2.43. The maximum absolute atomic E-state index is 12.2. The highest BCUT2D eigenvalue weighted by atomic mass is 16.5. The standard InChI is InChI=1S/C15H24N2O3/c1-12(2)13-6-4-5-7-14(13)16-15(19)17(8-10-18)9-11-20-3/h4-7,12,18H,8-11H2,1-3H3,(H,16,19). The molecule has 0 aliphatic rings. The van der Waals surface area contributed by atoms with E-state index in [9.17, 15) is 4.79 Å². The van der Waals surface area contributed by atoms with Crippen LogP contribution in [0.4, 0.5) is 10.5 Å². The Balaban J connectivity index is 2.77. The highest BCUT2D eigenvalue weighted by Gasteiger charge is 2.15. The average molecular weight is 280 g/mol. The number of benzene rings is 1. The highest BCUT2D eigenvalue weighted by Crippen LogP contribution is 2.23. The minimum Gasteiger partial charge on any atom is -0.395 e. The second-order valence-electron chi connectivity index (χ2n) is 4.88. The number of ether oxygens (including phenoxy) is 1. The zero-order valence-corrected chi connectivity index (χ0v) is 12.4. The van der Waals surface area contributed by atoms with Crippen LogP contribution in [0.5, 0.6) is 0 Å². The third-order valence-electron chi connectivity index (χ3n) is 3.05. The van der Waals surface area contributed by atoms with Crippen molar-refractivity contribution in [1.82, 2.24) is 4.90 Å². The van der Waals surface area contributed by atoms with Gasteiger partial charge in [0.2, 0.25) is 0 Å². The summed E-state index contributed by atoms with van der Waals surface area (Å²) < 4.78 is 4.98. The summed E-state index contributed by atoms with van der Waals surface area (Å²) in [6.07, 6.45) is 0. The first-order valence-electron chi connectivity index (χ1n) is 6.84. The summed E-state index contributed by atoms with van der Waals surface area (Å²) in [5, 5.41) is 11.9. The molecule has 1 rings (SSSR count). The molecule has 0 saturated heterocycles. The van der Waals surface area contributed by atoms with Crippen molar-refractivity contribution in [3.8, 4) is 0 Å². The van der Waals surface area contributed by atoms with Crippen molar-refractivity contribution in [2.45, 2.75) is 19.8 Å². The number of carbonyl (C=O) groups is 1. The summed E-state index contributed by atoms with van der Waals surface area (Å²) in [7, 11) is 1.59. The van der Waals surface area contributed by atoms with Crippen molar-refractivity contribution in [2.75, 3.05) is 38.7 Å². The van der Waals surface area contributed by atoms with Gasteiger partial charge in [-0.2, -0.15) is 0 Å². The van der Waals surface area contributed by atoms with Crippen molar-refractivity contribution in [3.63, 3.8) is 0 Å². The second-order valence-corrected chi connectivity index (χ2v) is 4.88. The number of para-hydroxylation sites is 1. The largest absolute Gasteiger partial charge is 0.395 e. The Morgan fingerprint density at radius 3 is 2.65 bits per heavy atom. The van der Waals surface area contributed by atoms with Crippen LogP contribution < -0.4 is 5.32 Å². The number of amides is 2. The first-order valence-corrected chi connectivity index (χ1v) is 6.84. The monoisotopic (exact) mass is 280 g/mol. The summed E-state index contributed by atoms with van der Waals surface area (Å²) in [6, 6.07) is 7.53. The Kier molecular flexibility index (Phi) is 7.04. The van der Waals surface area contributed by atoms with E-state index < -0.39 is 0 Å². The molecule has 0 atom stereocenters. The molecule has 0 aliphatic carbocycles. The fraction of sp³-hybridized carbons (Fsp3) is 0.533. The molecule has 0 bridgehead atoms. The van der Waals surface area contributed by atoms with E-state index in [2.05, 4.69) is 19.2 Å². The van der Waals surface area contributed by atoms with Crippen LogP contribution in [0.1, 0.15) is 25.3 Å². The van der Waals surface area contributed by atoms with Crippen LogP contribution in [0.3, 0.4) is 0 Å². The molecule has 0 unspecified atom stereocenters. The summed E-state index contributed by atoms with van der Waals surface area (Å²) >= 11 is 0. The van der Waals surface area contributed by atoms with Gasteiger partial charge in [0.05, 0.1) is 13.2 Å². The van der Waals surface area contributed by atoms with Gasteiger partial charge in [0, 0.05) is 25.9 Å². The number of rotatable bonds is 7. The Bertz CT molecular complexity index is 421. The van der Waals surface area contributed by atoms with Gasteiger partial charge in [-0.15, -0.1) is 0 Å². The summed E-state index contributed by atoms with van der Waals surface area (Å²) in [5.74, 6) is 0.330. The summed E-state index contributed by atoms with van der Waals surface area (Å²) in [6.45, 7) is 5.29. The van der Waals surface area contributed by atoms with Gasteiger partial charge in [0.25, 0.3) is 0 Å². The fourth-order valence-electron chi connectivity index (χ4n) is 1.95. The molecule has 0 fully saturated rings. The number of carbonyl (C=O) groups excluding carboxylic acids is 1. The van der Waals surface area contributed by atoms with Crippen molar-refractivity contribution in [2.24, 2.45) is 0 Å². The van der Waals surface area contributed by atoms with Crippen LogP contribution in [-0.2, 0) is 4.74 Å². The molecule has 20 heavy (non-hydrogen) atoms. The fourth-order valence-corrected chi connectivity index (χ4v) is 1.95. The van der Waals surface area contributed by atoms with E-state index in [1.807, 2.05) is 24.3 Å². The predicted molar refractivity (Wildman–Crippen MR) is 80.1 cm³/mol.